The number of rotatable bonds is 8. The smallest absolute Gasteiger partial charge is 0.417 e. The van der Waals surface area contributed by atoms with E-state index in [4.69, 9.17) is 4.74 Å². The number of ether oxygens (including phenoxy) is 1. The number of aromatic nitrogens is 1. The van der Waals surface area contributed by atoms with Gasteiger partial charge in [-0.3, -0.25) is 4.79 Å². The van der Waals surface area contributed by atoms with Crippen LogP contribution in [0.25, 0.3) is 0 Å². The molecule has 7 nitrogen and oxygen atoms in total. The Morgan fingerprint density at radius 2 is 1.89 bits per heavy atom. The van der Waals surface area contributed by atoms with Gasteiger partial charge in [0.2, 0.25) is 10.0 Å². The Morgan fingerprint density at radius 3 is 2.50 bits per heavy atom. The maximum atomic E-state index is 14.9. The van der Waals surface area contributed by atoms with Crippen molar-refractivity contribution in [1.82, 2.24) is 9.71 Å². The third-order valence-electron chi connectivity index (χ3n) is 6.74. The molecule has 36 heavy (non-hydrogen) atoms. The third-order valence-corrected chi connectivity index (χ3v) is 8.56. The molecule has 2 aromatic rings. The van der Waals surface area contributed by atoms with E-state index in [2.05, 4.69) is 4.98 Å². The zero-order valence-corrected chi connectivity index (χ0v) is 20.0. The maximum absolute atomic E-state index is 14.9. The molecule has 1 saturated heterocycles. The zero-order chi connectivity index (χ0) is 25.7. The molecule has 2 saturated carbocycles. The van der Waals surface area contributed by atoms with Crippen LogP contribution in [-0.4, -0.2) is 43.8 Å². The molecule has 1 aromatic carbocycles. The number of hydrogen-bond donors (Lipinski definition) is 1. The highest BCUT2D eigenvalue weighted by molar-refractivity contribution is 7.91. The van der Waals surface area contributed by atoms with E-state index in [-0.39, 0.29) is 29.9 Å². The molecule has 3 aliphatic rings. The first-order valence-electron chi connectivity index (χ1n) is 11.8. The summed E-state index contributed by atoms with van der Waals surface area (Å²) in [6.07, 6.45) is 0.505. The highest BCUT2D eigenvalue weighted by Gasteiger charge is 2.38. The van der Waals surface area contributed by atoms with Gasteiger partial charge in [0.25, 0.3) is 5.91 Å². The third kappa shape index (κ3) is 5.28. The zero-order valence-electron chi connectivity index (χ0n) is 19.2. The molecule has 2 heterocycles. The molecule has 1 atom stereocenters. The van der Waals surface area contributed by atoms with E-state index in [0.717, 1.165) is 44.0 Å². The molecule has 0 radical (unpaired) electrons. The molecular weight excluding hydrogens is 502 g/mol. The Bertz CT molecular complexity index is 1260. The molecule has 12 heteroatoms. The van der Waals surface area contributed by atoms with E-state index in [9.17, 15) is 30.8 Å². The van der Waals surface area contributed by atoms with Crippen molar-refractivity contribution in [3.05, 3.63) is 53.0 Å². The highest BCUT2D eigenvalue weighted by Crippen LogP contribution is 2.45. The van der Waals surface area contributed by atoms with Crippen molar-refractivity contribution in [2.75, 3.05) is 18.1 Å². The second-order valence-corrected chi connectivity index (χ2v) is 11.5. The maximum Gasteiger partial charge on any atom is 0.417 e. The molecule has 1 unspecified atom stereocenters. The average molecular weight is 528 g/mol. The number of anilines is 1. The van der Waals surface area contributed by atoms with Gasteiger partial charge in [-0.2, -0.15) is 13.2 Å². The van der Waals surface area contributed by atoms with E-state index in [1.807, 2.05) is 9.62 Å². The first-order valence-corrected chi connectivity index (χ1v) is 13.4. The number of nitrogens with zero attached hydrogens (tertiary/aromatic N) is 2. The lowest BCUT2D eigenvalue weighted by Gasteiger charge is -2.26. The highest BCUT2D eigenvalue weighted by atomic mass is 32.2. The van der Waals surface area contributed by atoms with Gasteiger partial charge in [0.1, 0.15) is 24.0 Å². The average Bonchev–Trinajstić information content (AvgIpc) is 3.74. The quantitative estimate of drug-likeness (QED) is 0.513. The van der Waals surface area contributed by atoms with Crippen LogP contribution in [0.3, 0.4) is 0 Å². The van der Waals surface area contributed by atoms with Crippen molar-refractivity contribution in [1.29, 1.82) is 0 Å². The summed E-state index contributed by atoms with van der Waals surface area (Å²) in [6.45, 7) is 0.758. The van der Waals surface area contributed by atoms with Gasteiger partial charge in [0.15, 0.2) is 0 Å². The lowest BCUT2D eigenvalue weighted by Crippen LogP contribution is -2.35. The number of hydrogen-bond acceptors (Lipinski definition) is 6. The predicted octanol–water partition coefficient (Wildman–Crippen LogP) is 4.39. The van der Waals surface area contributed by atoms with Crippen molar-refractivity contribution in [2.24, 2.45) is 0 Å². The molecule has 1 amide bonds. The van der Waals surface area contributed by atoms with Crippen molar-refractivity contribution in [3.63, 3.8) is 0 Å². The summed E-state index contributed by atoms with van der Waals surface area (Å²) in [4.78, 5) is 18.4. The first kappa shape index (κ1) is 24.8. The molecule has 194 valence electrons. The fraction of sp³-hybridized carbons (Fsp3) is 0.500. The van der Waals surface area contributed by atoms with Gasteiger partial charge in [-0.25, -0.2) is 22.5 Å². The Morgan fingerprint density at radius 1 is 1.14 bits per heavy atom. The van der Waals surface area contributed by atoms with Crippen molar-refractivity contribution in [3.8, 4) is 5.75 Å². The fourth-order valence-electron chi connectivity index (χ4n) is 4.45. The van der Waals surface area contributed by atoms with E-state index >= 15 is 0 Å². The monoisotopic (exact) mass is 527 g/mol. The lowest BCUT2D eigenvalue weighted by atomic mass is 10.0. The predicted molar refractivity (Wildman–Crippen MR) is 123 cm³/mol. The van der Waals surface area contributed by atoms with E-state index in [1.54, 1.807) is 0 Å². The minimum atomic E-state index is -4.46. The topological polar surface area (TPSA) is 88.6 Å². The number of pyridine rings is 1. The van der Waals surface area contributed by atoms with Crippen LogP contribution in [0.4, 0.5) is 23.4 Å². The van der Waals surface area contributed by atoms with Crippen LogP contribution >= 0.6 is 0 Å². The number of halogens is 4. The molecule has 1 aromatic heterocycles. The number of benzene rings is 1. The van der Waals surface area contributed by atoms with Crippen LogP contribution < -0.4 is 14.4 Å². The number of carbonyl (C=O) groups is 1. The van der Waals surface area contributed by atoms with Crippen LogP contribution in [-0.2, 0) is 16.2 Å². The molecular formula is C24H25F4N3O4S. The minimum absolute atomic E-state index is 0.0865. The molecule has 0 spiro atoms. The van der Waals surface area contributed by atoms with Crippen LogP contribution in [0, 0.1) is 5.82 Å². The summed E-state index contributed by atoms with van der Waals surface area (Å²) in [6, 6.07) is 4.63. The second-order valence-electron chi connectivity index (χ2n) is 9.52. The van der Waals surface area contributed by atoms with Gasteiger partial charge < -0.3 is 9.64 Å². The molecule has 2 aliphatic carbocycles. The fourth-order valence-corrected chi connectivity index (χ4v) is 5.74. The Labute approximate surface area is 205 Å². The first-order chi connectivity index (χ1) is 17.0. The van der Waals surface area contributed by atoms with Crippen molar-refractivity contribution >= 4 is 21.7 Å². The van der Waals surface area contributed by atoms with Gasteiger partial charge >= 0.3 is 6.18 Å². The molecule has 0 bridgehead atoms. The molecule has 5 rings (SSSR count). The summed E-state index contributed by atoms with van der Waals surface area (Å²) in [5.74, 6) is -1.10. The second kappa shape index (κ2) is 9.20. The van der Waals surface area contributed by atoms with Crippen LogP contribution in [0.2, 0.25) is 0 Å². The molecule has 3 fully saturated rings. The van der Waals surface area contributed by atoms with Crippen molar-refractivity contribution in [2.45, 2.75) is 61.9 Å². The lowest BCUT2D eigenvalue weighted by molar-refractivity contribution is -0.137. The van der Waals surface area contributed by atoms with E-state index in [1.165, 1.54) is 12.1 Å². The minimum Gasteiger partial charge on any atom is -0.491 e. The van der Waals surface area contributed by atoms with Crippen LogP contribution in [0.5, 0.6) is 5.75 Å². The number of alkyl halides is 3. The van der Waals surface area contributed by atoms with Gasteiger partial charge in [0.05, 0.1) is 22.4 Å². The van der Waals surface area contributed by atoms with Gasteiger partial charge in [-0.15, -0.1) is 0 Å². The Kier molecular flexibility index (Phi) is 6.34. The SMILES string of the molecule is O=C(NS(=O)(=O)C1CC1)c1cc(C2CC2)c(OCC2CCCN2c2ccc(C(F)(F)F)cn2)cc1F. The van der Waals surface area contributed by atoms with Gasteiger partial charge in [0, 0.05) is 18.8 Å². The normalized spacial score (nSPS) is 20.4. The summed E-state index contributed by atoms with van der Waals surface area (Å²) in [5, 5.41) is -0.608. The van der Waals surface area contributed by atoms with Gasteiger partial charge in [-0.05, 0) is 68.2 Å². The van der Waals surface area contributed by atoms with E-state index < -0.39 is 38.7 Å². The molecule has 1 aliphatic heterocycles. The number of sulfonamides is 1. The molecule has 1 N–H and O–H groups in total. The Balaban J connectivity index is 1.30. The van der Waals surface area contributed by atoms with Crippen molar-refractivity contribution < 1.29 is 35.5 Å². The number of nitrogens with one attached hydrogen (secondary N) is 1. The number of amides is 1. The standard InChI is InChI=1S/C24H25F4N3O4S/c25-20-11-21(18(14-3-4-14)10-19(20)23(32)30-36(33,34)17-6-7-17)35-13-16-2-1-9-31(16)22-8-5-15(12-29-22)24(26,27)28/h5,8,10-12,14,16-17H,1-4,6-7,9,13H2,(H,30,32). The summed E-state index contributed by atoms with van der Waals surface area (Å²) in [5.41, 5.74) is -0.524. The van der Waals surface area contributed by atoms with Crippen LogP contribution in [0.15, 0.2) is 30.5 Å². The Hall–Kier alpha value is -2.89. The van der Waals surface area contributed by atoms with Gasteiger partial charge in [-0.1, -0.05) is 0 Å². The largest absolute Gasteiger partial charge is 0.491 e. The summed E-state index contributed by atoms with van der Waals surface area (Å²) >= 11 is 0. The summed E-state index contributed by atoms with van der Waals surface area (Å²) < 4.78 is 85.6. The summed E-state index contributed by atoms with van der Waals surface area (Å²) in [7, 11) is -3.81. The van der Waals surface area contributed by atoms with Crippen LogP contribution in [0.1, 0.15) is 65.9 Å². The van der Waals surface area contributed by atoms with E-state index in [0.29, 0.717) is 30.8 Å². The number of carbonyl (C=O) groups excluding carboxylic acids is 1.